The van der Waals surface area contributed by atoms with Gasteiger partial charge in [0.1, 0.15) is 17.2 Å². The smallest absolute Gasteiger partial charge is 0.302 e. The minimum atomic E-state index is -0.586. The first-order valence-electron chi connectivity index (χ1n) is 11.3. The van der Waals surface area contributed by atoms with E-state index in [0.29, 0.717) is 29.0 Å². The number of oxazole rings is 1. The number of rotatable bonds is 5. The lowest BCUT2D eigenvalue weighted by Gasteiger charge is -2.30. The maximum absolute atomic E-state index is 13.5. The van der Waals surface area contributed by atoms with Gasteiger partial charge in [-0.05, 0) is 61.7 Å². The Hall–Kier alpha value is -3.72. The first-order valence-corrected chi connectivity index (χ1v) is 12.1. The summed E-state index contributed by atoms with van der Waals surface area (Å²) in [5, 5.41) is 6.09. The van der Waals surface area contributed by atoms with Crippen LogP contribution in [0.4, 0.5) is 11.7 Å². The van der Waals surface area contributed by atoms with Crippen molar-refractivity contribution in [3.8, 4) is 5.75 Å². The predicted octanol–water partition coefficient (Wildman–Crippen LogP) is 5.70. The normalized spacial score (nSPS) is 19.9. The number of fused-ring (bicyclic) bond motifs is 1. The summed E-state index contributed by atoms with van der Waals surface area (Å²) < 4.78 is 11.9. The molecular weight excluding hydrogens is 510 g/mol. The molecule has 2 unspecified atom stereocenters. The van der Waals surface area contributed by atoms with E-state index in [2.05, 4.69) is 48.7 Å². The van der Waals surface area contributed by atoms with Crippen LogP contribution >= 0.6 is 15.9 Å². The molecule has 0 spiro atoms. The fourth-order valence-electron chi connectivity index (χ4n) is 4.18. The molecule has 2 N–H and O–H groups in total. The third-order valence-electron chi connectivity index (χ3n) is 5.91. The molecule has 178 valence electrons. The van der Waals surface area contributed by atoms with Gasteiger partial charge in [0.25, 0.3) is 0 Å². The zero-order valence-corrected chi connectivity index (χ0v) is 20.9. The van der Waals surface area contributed by atoms with Crippen LogP contribution in [-0.4, -0.2) is 35.7 Å². The van der Waals surface area contributed by atoms with E-state index in [4.69, 9.17) is 14.1 Å². The lowest BCUT2D eigenvalue weighted by Crippen LogP contribution is -2.42. The molecule has 5 rings (SSSR count). The van der Waals surface area contributed by atoms with E-state index in [-0.39, 0.29) is 5.91 Å². The summed E-state index contributed by atoms with van der Waals surface area (Å²) >= 11 is 3.67. The summed E-state index contributed by atoms with van der Waals surface area (Å²) in [6, 6.07) is 14.6. The van der Waals surface area contributed by atoms with Gasteiger partial charge >= 0.3 is 6.01 Å². The Morgan fingerprint density at radius 1 is 1.11 bits per heavy atom. The molecule has 8 nitrogen and oxygen atoms in total. The highest BCUT2D eigenvalue weighted by atomic mass is 79.9. The number of nitrogens with one attached hydrogen (secondary N) is 2. The van der Waals surface area contributed by atoms with Crippen LogP contribution < -0.4 is 15.4 Å². The van der Waals surface area contributed by atoms with Crippen LogP contribution in [-0.2, 0) is 4.79 Å². The van der Waals surface area contributed by atoms with E-state index in [0.717, 1.165) is 34.2 Å². The first kappa shape index (κ1) is 23.0. The zero-order chi connectivity index (χ0) is 24.4. The summed E-state index contributed by atoms with van der Waals surface area (Å²) in [5.74, 6) is 0.297. The second kappa shape index (κ2) is 9.87. The van der Waals surface area contributed by atoms with Gasteiger partial charge in [0, 0.05) is 15.9 Å². The second-order valence-electron chi connectivity index (χ2n) is 8.25. The highest BCUT2D eigenvalue weighted by molar-refractivity contribution is 9.12. The molecule has 0 bridgehead atoms. The number of anilines is 2. The number of aromatic nitrogens is 1. The molecule has 0 fully saturated rings. The summed E-state index contributed by atoms with van der Waals surface area (Å²) in [6.45, 7) is 1.84. The second-order valence-corrected chi connectivity index (χ2v) is 9.10. The van der Waals surface area contributed by atoms with Crippen LogP contribution in [0.25, 0.3) is 11.1 Å². The molecule has 1 aliphatic heterocycles. The van der Waals surface area contributed by atoms with Crippen molar-refractivity contribution in [3.05, 3.63) is 70.7 Å². The van der Waals surface area contributed by atoms with Gasteiger partial charge in [0.2, 0.25) is 11.9 Å². The Balaban J connectivity index is 1.45. The molecule has 2 heterocycles. The van der Waals surface area contributed by atoms with E-state index >= 15 is 0 Å². The van der Waals surface area contributed by atoms with Gasteiger partial charge in [-0.2, -0.15) is 4.98 Å². The summed E-state index contributed by atoms with van der Waals surface area (Å²) in [7, 11) is 1.60. The molecule has 1 aliphatic carbocycles. The lowest BCUT2D eigenvalue weighted by atomic mass is 9.85. The topological polar surface area (TPSA) is 101 Å². The number of hydrogen-bond donors (Lipinski definition) is 2. The van der Waals surface area contributed by atoms with Crippen molar-refractivity contribution in [2.45, 2.75) is 25.8 Å². The van der Waals surface area contributed by atoms with Crippen molar-refractivity contribution in [3.63, 3.8) is 0 Å². The number of carbonyl (C=O) groups is 1. The number of nitrogens with zero attached hydrogens (tertiary/aromatic N) is 3. The summed E-state index contributed by atoms with van der Waals surface area (Å²) in [5.41, 5.74) is 3.68. The van der Waals surface area contributed by atoms with Crippen LogP contribution in [0.15, 0.2) is 85.1 Å². The molecule has 2 atom stereocenters. The van der Waals surface area contributed by atoms with Gasteiger partial charge in [0.05, 0.1) is 13.2 Å². The van der Waals surface area contributed by atoms with E-state index in [9.17, 15) is 4.79 Å². The SMILES string of the molecule is COc1ccc(NC(=O)C2C(C)=NC(Nc3nc4ccccc4o3)=NC2C2=CCCC=C2Br)cc1. The van der Waals surface area contributed by atoms with Crippen LogP contribution in [0, 0.1) is 5.92 Å². The van der Waals surface area contributed by atoms with Gasteiger partial charge < -0.3 is 14.5 Å². The standard InChI is InChI=1S/C26H24BrN5O3/c1-15-22(24(33)29-16-11-13-17(34-2)14-12-16)23(18-7-3-4-8-19(18)27)31-25(28-15)32-26-30-20-9-5-6-10-21(20)35-26/h5-14,22-23H,3-4H2,1-2H3,(H,29,33)(H,30,31,32). The first-order chi connectivity index (χ1) is 17.0. The molecule has 2 aliphatic rings. The van der Waals surface area contributed by atoms with Gasteiger partial charge in [-0.15, -0.1) is 0 Å². The number of benzene rings is 2. The molecule has 2 aromatic carbocycles. The van der Waals surface area contributed by atoms with Crippen LogP contribution in [0.3, 0.4) is 0 Å². The fraction of sp³-hybridized carbons (Fsp3) is 0.231. The number of aliphatic imine (C=N–C) groups is 2. The zero-order valence-electron chi connectivity index (χ0n) is 19.3. The molecular formula is C26H24BrN5O3. The van der Waals surface area contributed by atoms with Gasteiger partial charge in [-0.1, -0.05) is 40.2 Å². The van der Waals surface area contributed by atoms with Crippen LogP contribution in [0.1, 0.15) is 19.8 Å². The maximum Gasteiger partial charge on any atom is 0.302 e. The number of allylic oxidation sites excluding steroid dienone is 2. The summed E-state index contributed by atoms with van der Waals surface area (Å²) in [6.07, 6.45) is 6.05. The Bertz CT molecular complexity index is 1350. The van der Waals surface area contributed by atoms with Crippen LogP contribution in [0.5, 0.6) is 5.75 Å². The van der Waals surface area contributed by atoms with Crippen molar-refractivity contribution in [1.29, 1.82) is 0 Å². The molecule has 1 aromatic heterocycles. The molecule has 0 saturated carbocycles. The van der Waals surface area contributed by atoms with E-state index in [1.54, 1.807) is 31.4 Å². The average molecular weight is 534 g/mol. The third-order valence-corrected chi connectivity index (χ3v) is 6.69. The average Bonchev–Trinajstić information content (AvgIpc) is 3.26. The monoisotopic (exact) mass is 533 g/mol. The van der Waals surface area contributed by atoms with E-state index in [1.807, 2.05) is 31.2 Å². The minimum Gasteiger partial charge on any atom is -0.497 e. The highest BCUT2D eigenvalue weighted by Gasteiger charge is 2.37. The number of halogens is 1. The van der Waals surface area contributed by atoms with Gasteiger partial charge in [-0.25, -0.2) is 9.98 Å². The number of carbonyl (C=O) groups excluding carboxylic acids is 1. The Morgan fingerprint density at radius 2 is 1.89 bits per heavy atom. The Labute approximate surface area is 211 Å². The van der Waals surface area contributed by atoms with Gasteiger partial charge in [0.15, 0.2) is 5.58 Å². The lowest BCUT2D eigenvalue weighted by molar-refractivity contribution is -0.118. The maximum atomic E-state index is 13.5. The minimum absolute atomic E-state index is 0.183. The molecule has 1 amide bonds. The van der Waals surface area contributed by atoms with E-state index in [1.165, 1.54) is 0 Å². The quantitative estimate of drug-likeness (QED) is 0.437. The molecule has 0 saturated heterocycles. The number of hydrogen-bond acceptors (Lipinski definition) is 7. The fourth-order valence-corrected chi connectivity index (χ4v) is 4.81. The Kier molecular flexibility index (Phi) is 6.50. The highest BCUT2D eigenvalue weighted by Crippen LogP contribution is 2.34. The third kappa shape index (κ3) is 4.90. The number of guanidine groups is 1. The molecule has 35 heavy (non-hydrogen) atoms. The molecule has 9 heteroatoms. The van der Waals surface area contributed by atoms with Crippen molar-refractivity contribution < 1.29 is 13.9 Å². The van der Waals surface area contributed by atoms with Crippen molar-refractivity contribution >= 4 is 56.3 Å². The molecule has 3 aromatic rings. The van der Waals surface area contributed by atoms with Crippen LogP contribution in [0.2, 0.25) is 0 Å². The number of methoxy groups -OCH3 is 1. The van der Waals surface area contributed by atoms with Crippen molar-refractivity contribution in [1.82, 2.24) is 4.98 Å². The van der Waals surface area contributed by atoms with E-state index < -0.39 is 12.0 Å². The Morgan fingerprint density at radius 3 is 2.63 bits per heavy atom. The summed E-state index contributed by atoms with van der Waals surface area (Å²) in [4.78, 5) is 27.4. The largest absolute Gasteiger partial charge is 0.497 e. The molecule has 0 radical (unpaired) electrons. The van der Waals surface area contributed by atoms with Crippen molar-refractivity contribution in [2.75, 3.05) is 17.7 Å². The number of ether oxygens (including phenoxy) is 1. The van der Waals surface area contributed by atoms with Crippen molar-refractivity contribution in [2.24, 2.45) is 15.9 Å². The number of amides is 1. The van der Waals surface area contributed by atoms with Gasteiger partial charge in [-0.3, -0.25) is 10.1 Å². The predicted molar refractivity (Wildman–Crippen MR) is 141 cm³/mol. The number of para-hydroxylation sites is 2.